The number of Topliss-reactive ketones (excluding diaryl/α,β-unsaturated/α-hetero) is 1. The van der Waals surface area contributed by atoms with E-state index in [1.54, 1.807) is 12.1 Å². The van der Waals surface area contributed by atoms with Crippen molar-refractivity contribution in [2.45, 2.75) is 25.6 Å². The Hall–Kier alpha value is -3.16. The third-order valence-electron chi connectivity index (χ3n) is 3.89. The summed E-state index contributed by atoms with van der Waals surface area (Å²) in [5, 5.41) is 2.49. The number of esters is 1. The van der Waals surface area contributed by atoms with Crippen LogP contribution >= 0.6 is 0 Å². The molecule has 0 fully saturated rings. The van der Waals surface area contributed by atoms with E-state index in [0.717, 1.165) is 29.8 Å². The fraction of sp³-hybridized carbons (Fsp3) is 0.250. The molecule has 0 radical (unpaired) electrons. The van der Waals surface area contributed by atoms with Gasteiger partial charge in [0.15, 0.2) is 12.4 Å². The van der Waals surface area contributed by atoms with Crippen molar-refractivity contribution in [2.75, 3.05) is 6.61 Å². The largest absolute Gasteiger partial charge is 0.452 e. The zero-order valence-corrected chi connectivity index (χ0v) is 15.0. The molecule has 0 saturated heterocycles. The molecule has 0 spiro atoms. The van der Waals surface area contributed by atoms with Crippen LogP contribution in [0.4, 0.5) is 13.2 Å². The normalized spacial score (nSPS) is 12.1. The molecule has 0 bridgehead atoms. The third kappa shape index (κ3) is 6.22. The van der Waals surface area contributed by atoms with Crippen molar-refractivity contribution in [1.82, 2.24) is 5.32 Å². The van der Waals surface area contributed by atoms with Gasteiger partial charge in [-0.25, -0.2) is 4.79 Å². The summed E-state index contributed by atoms with van der Waals surface area (Å²) in [6.07, 6.45) is -4.22. The first kappa shape index (κ1) is 21.1. The summed E-state index contributed by atoms with van der Waals surface area (Å²) in [6, 6.07) is 11.7. The standard InChI is InChI=1S/C20H18F3NO4/c1-13(25)17(11-14-5-3-2-4-6-14)24-18(26)12-28-19(27)15-7-9-16(10-8-15)20(21,22)23/h2-10,17H,11-12H2,1H3,(H,24,26)/t17-/m0/s1. The van der Waals surface area contributed by atoms with Gasteiger partial charge in [-0.3, -0.25) is 9.59 Å². The van der Waals surface area contributed by atoms with Crippen LogP contribution < -0.4 is 5.32 Å². The maximum atomic E-state index is 12.5. The summed E-state index contributed by atoms with van der Waals surface area (Å²) in [7, 11) is 0. The molecule has 2 rings (SSSR count). The van der Waals surface area contributed by atoms with E-state index < -0.39 is 36.3 Å². The second-order valence-electron chi connectivity index (χ2n) is 6.07. The van der Waals surface area contributed by atoms with Crippen molar-refractivity contribution in [3.63, 3.8) is 0 Å². The molecule has 0 aliphatic rings. The number of nitrogens with one attached hydrogen (secondary N) is 1. The number of benzene rings is 2. The Kier molecular flexibility index (Phi) is 6.92. The summed E-state index contributed by atoms with van der Waals surface area (Å²) in [4.78, 5) is 35.6. The van der Waals surface area contributed by atoms with E-state index in [2.05, 4.69) is 5.32 Å². The van der Waals surface area contributed by atoms with Gasteiger partial charge in [0.1, 0.15) is 0 Å². The lowest BCUT2D eigenvalue weighted by Crippen LogP contribution is -2.43. The second kappa shape index (κ2) is 9.16. The van der Waals surface area contributed by atoms with E-state index in [0.29, 0.717) is 0 Å². The number of ketones is 1. The average Bonchev–Trinajstić information content (AvgIpc) is 2.65. The van der Waals surface area contributed by atoms with Crippen LogP contribution in [0.5, 0.6) is 0 Å². The molecule has 8 heteroatoms. The van der Waals surface area contributed by atoms with Crippen molar-refractivity contribution in [3.8, 4) is 0 Å². The molecular weight excluding hydrogens is 375 g/mol. The lowest BCUT2D eigenvalue weighted by molar-refractivity contribution is -0.137. The minimum absolute atomic E-state index is 0.117. The minimum atomic E-state index is -4.51. The fourth-order valence-corrected chi connectivity index (χ4v) is 2.39. The average molecular weight is 393 g/mol. The van der Waals surface area contributed by atoms with Gasteiger partial charge in [-0.15, -0.1) is 0 Å². The molecule has 0 aliphatic heterocycles. The van der Waals surface area contributed by atoms with Crippen molar-refractivity contribution in [3.05, 3.63) is 71.3 Å². The first-order chi connectivity index (χ1) is 13.2. The first-order valence-electron chi connectivity index (χ1n) is 8.35. The molecule has 0 aliphatic carbocycles. The molecule has 5 nitrogen and oxygen atoms in total. The molecule has 148 valence electrons. The van der Waals surface area contributed by atoms with Crippen molar-refractivity contribution < 1.29 is 32.3 Å². The number of ether oxygens (including phenoxy) is 1. The molecule has 28 heavy (non-hydrogen) atoms. The number of rotatable bonds is 7. The lowest BCUT2D eigenvalue weighted by atomic mass is 10.0. The second-order valence-corrected chi connectivity index (χ2v) is 6.07. The van der Waals surface area contributed by atoms with Crippen molar-refractivity contribution >= 4 is 17.7 Å². The van der Waals surface area contributed by atoms with Gasteiger partial charge in [-0.1, -0.05) is 30.3 Å². The van der Waals surface area contributed by atoms with Crippen LogP contribution in [0.15, 0.2) is 54.6 Å². The Labute approximate surface area is 159 Å². The molecule has 0 unspecified atom stereocenters. The Bertz CT molecular complexity index is 833. The van der Waals surface area contributed by atoms with E-state index >= 15 is 0 Å². The molecule has 2 aromatic rings. The highest BCUT2D eigenvalue weighted by Crippen LogP contribution is 2.29. The number of alkyl halides is 3. The van der Waals surface area contributed by atoms with Crippen LogP contribution in [-0.2, 0) is 26.9 Å². The molecular formula is C20H18F3NO4. The predicted molar refractivity (Wildman–Crippen MR) is 94.5 cm³/mol. The van der Waals surface area contributed by atoms with Crippen LogP contribution in [0.1, 0.15) is 28.4 Å². The topological polar surface area (TPSA) is 72.5 Å². The van der Waals surface area contributed by atoms with Gasteiger partial charge in [0.05, 0.1) is 17.2 Å². The Morgan fingerprint density at radius 3 is 2.14 bits per heavy atom. The molecule has 2 aromatic carbocycles. The predicted octanol–water partition coefficient (Wildman–Crippen LogP) is 3.18. The fourth-order valence-electron chi connectivity index (χ4n) is 2.39. The van der Waals surface area contributed by atoms with Gasteiger partial charge in [-0.2, -0.15) is 13.2 Å². The van der Waals surface area contributed by atoms with Crippen LogP contribution in [0, 0.1) is 0 Å². The maximum Gasteiger partial charge on any atom is 0.416 e. The molecule has 0 aromatic heterocycles. The lowest BCUT2D eigenvalue weighted by Gasteiger charge is -2.16. The van der Waals surface area contributed by atoms with E-state index in [1.807, 2.05) is 18.2 Å². The van der Waals surface area contributed by atoms with Gasteiger partial charge in [-0.05, 0) is 43.2 Å². The molecule has 1 atom stereocenters. The van der Waals surface area contributed by atoms with Crippen LogP contribution in [0.25, 0.3) is 0 Å². The van der Waals surface area contributed by atoms with E-state index in [1.165, 1.54) is 6.92 Å². The number of carbonyl (C=O) groups is 3. The van der Waals surface area contributed by atoms with E-state index in [4.69, 9.17) is 4.74 Å². The zero-order chi connectivity index (χ0) is 20.7. The van der Waals surface area contributed by atoms with Crippen molar-refractivity contribution in [1.29, 1.82) is 0 Å². The monoisotopic (exact) mass is 393 g/mol. The van der Waals surface area contributed by atoms with Crippen LogP contribution in [0.2, 0.25) is 0 Å². The SMILES string of the molecule is CC(=O)[C@H](Cc1ccccc1)NC(=O)COC(=O)c1ccc(C(F)(F)F)cc1. The third-order valence-corrected chi connectivity index (χ3v) is 3.89. The first-order valence-corrected chi connectivity index (χ1v) is 8.35. The Morgan fingerprint density at radius 2 is 1.61 bits per heavy atom. The summed E-state index contributed by atoms with van der Waals surface area (Å²) >= 11 is 0. The molecule has 0 saturated carbocycles. The van der Waals surface area contributed by atoms with E-state index in [-0.39, 0.29) is 17.8 Å². The van der Waals surface area contributed by atoms with Gasteiger partial charge >= 0.3 is 12.1 Å². The number of carbonyl (C=O) groups excluding carboxylic acids is 3. The molecule has 1 amide bonds. The summed E-state index contributed by atoms with van der Waals surface area (Å²) in [5.41, 5.74) is -0.162. The summed E-state index contributed by atoms with van der Waals surface area (Å²) < 4.78 is 42.4. The highest BCUT2D eigenvalue weighted by molar-refractivity contribution is 5.92. The summed E-state index contributed by atoms with van der Waals surface area (Å²) in [5.74, 6) is -1.88. The Balaban J connectivity index is 1.89. The number of amides is 1. The number of hydrogen-bond acceptors (Lipinski definition) is 4. The smallest absolute Gasteiger partial charge is 0.416 e. The maximum absolute atomic E-state index is 12.5. The van der Waals surface area contributed by atoms with Crippen molar-refractivity contribution in [2.24, 2.45) is 0 Å². The highest BCUT2D eigenvalue weighted by Gasteiger charge is 2.30. The van der Waals surface area contributed by atoms with Gasteiger partial charge in [0, 0.05) is 0 Å². The van der Waals surface area contributed by atoms with Gasteiger partial charge in [0.2, 0.25) is 0 Å². The molecule has 1 N–H and O–H groups in total. The van der Waals surface area contributed by atoms with Gasteiger partial charge < -0.3 is 10.1 Å². The van der Waals surface area contributed by atoms with Gasteiger partial charge in [0.25, 0.3) is 5.91 Å². The zero-order valence-electron chi connectivity index (χ0n) is 15.0. The number of hydrogen-bond donors (Lipinski definition) is 1. The minimum Gasteiger partial charge on any atom is -0.452 e. The quantitative estimate of drug-likeness (QED) is 0.734. The van der Waals surface area contributed by atoms with Crippen LogP contribution in [0.3, 0.4) is 0 Å². The van der Waals surface area contributed by atoms with E-state index in [9.17, 15) is 27.6 Å². The number of halogens is 3. The highest BCUT2D eigenvalue weighted by atomic mass is 19.4. The van der Waals surface area contributed by atoms with Crippen LogP contribution in [-0.4, -0.2) is 30.3 Å². The molecule has 0 heterocycles. The summed E-state index contributed by atoms with van der Waals surface area (Å²) in [6.45, 7) is 0.681. The Morgan fingerprint density at radius 1 is 1.00 bits per heavy atom.